The van der Waals surface area contributed by atoms with E-state index >= 15 is 0 Å². The summed E-state index contributed by atoms with van der Waals surface area (Å²) in [5.41, 5.74) is 1.27. The molecule has 1 saturated carbocycles. The van der Waals surface area contributed by atoms with Crippen LogP contribution in [0.2, 0.25) is 5.02 Å². The second-order valence-corrected chi connectivity index (χ2v) is 9.95. The van der Waals surface area contributed by atoms with Crippen LogP contribution in [-0.4, -0.2) is 50.8 Å². The zero-order chi connectivity index (χ0) is 19.4. The average Bonchev–Trinajstić information content (AvgIpc) is 2.61. The molecule has 8 heteroatoms. The first-order valence-electron chi connectivity index (χ1n) is 9.58. The van der Waals surface area contributed by atoms with Crippen molar-refractivity contribution in [2.24, 2.45) is 0 Å². The Labute approximate surface area is 166 Å². The maximum Gasteiger partial charge on any atom is 0.317 e. The summed E-state index contributed by atoms with van der Waals surface area (Å²) in [5.74, 6) is 0.433. The van der Waals surface area contributed by atoms with Crippen LogP contribution in [0.5, 0.6) is 0 Å². The minimum atomic E-state index is -3.26. The van der Waals surface area contributed by atoms with Gasteiger partial charge in [-0.15, -0.1) is 0 Å². The van der Waals surface area contributed by atoms with Gasteiger partial charge in [0.15, 0.2) is 0 Å². The molecule has 1 aliphatic carbocycles. The van der Waals surface area contributed by atoms with E-state index in [4.69, 9.17) is 11.6 Å². The van der Waals surface area contributed by atoms with Crippen molar-refractivity contribution in [1.82, 2.24) is 14.9 Å². The quantitative estimate of drug-likeness (QED) is 0.796. The van der Waals surface area contributed by atoms with Gasteiger partial charge in [0, 0.05) is 30.2 Å². The number of piperidine rings is 1. The van der Waals surface area contributed by atoms with Crippen LogP contribution < -0.4 is 10.0 Å². The Bertz CT molecular complexity index is 754. The van der Waals surface area contributed by atoms with Gasteiger partial charge in [-0.3, -0.25) is 0 Å². The Hall–Kier alpha value is -1.31. The monoisotopic (exact) mass is 413 g/mol. The van der Waals surface area contributed by atoms with Gasteiger partial charge in [-0.25, -0.2) is 17.9 Å². The molecular formula is C19H28ClN3O3S. The van der Waals surface area contributed by atoms with Crippen molar-refractivity contribution in [3.63, 3.8) is 0 Å². The number of likely N-dealkylation sites (tertiary alicyclic amines) is 1. The third kappa shape index (κ3) is 6.09. The summed E-state index contributed by atoms with van der Waals surface area (Å²) >= 11 is 5.98. The fourth-order valence-corrected chi connectivity index (χ4v) is 5.11. The van der Waals surface area contributed by atoms with E-state index in [1.807, 2.05) is 12.1 Å². The van der Waals surface area contributed by atoms with Crippen molar-refractivity contribution < 1.29 is 13.2 Å². The summed E-state index contributed by atoms with van der Waals surface area (Å²) in [6.07, 6.45) is 6.83. The molecule has 6 nitrogen and oxygen atoms in total. The highest BCUT2D eigenvalue weighted by Crippen LogP contribution is 2.33. The predicted octanol–water partition coefficient (Wildman–Crippen LogP) is 3.09. The van der Waals surface area contributed by atoms with Gasteiger partial charge in [-0.05, 0) is 55.7 Å². The number of halogens is 1. The van der Waals surface area contributed by atoms with E-state index in [1.165, 1.54) is 5.56 Å². The number of amides is 2. The average molecular weight is 414 g/mol. The molecule has 3 unspecified atom stereocenters. The lowest BCUT2D eigenvalue weighted by Gasteiger charge is -2.36. The van der Waals surface area contributed by atoms with Crippen LogP contribution in [0, 0.1) is 0 Å². The van der Waals surface area contributed by atoms with Crippen molar-refractivity contribution in [3.8, 4) is 0 Å². The van der Waals surface area contributed by atoms with Gasteiger partial charge in [0.05, 0.1) is 6.26 Å². The van der Waals surface area contributed by atoms with Crippen LogP contribution in [0.3, 0.4) is 0 Å². The van der Waals surface area contributed by atoms with Crippen LogP contribution in [0.4, 0.5) is 4.79 Å². The van der Waals surface area contributed by atoms with Crippen LogP contribution >= 0.6 is 11.6 Å². The number of hydrogen-bond acceptors (Lipinski definition) is 3. The second-order valence-electron chi connectivity index (χ2n) is 7.74. The summed E-state index contributed by atoms with van der Waals surface area (Å²) in [5, 5.41) is 3.90. The van der Waals surface area contributed by atoms with Crippen LogP contribution in [0.25, 0.3) is 0 Å². The molecular weight excluding hydrogens is 386 g/mol. The lowest BCUT2D eigenvalue weighted by atomic mass is 9.81. The Kier molecular flexibility index (Phi) is 6.65. The molecule has 1 aromatic carbocycles. The van der Waals surface area contributed by atoms with Crippen molar-refractivity contribution in [2.75, 3.05) is 19.3 Å². The van der Waals surface area contributed by atoms with E-state index in [2.05, 4.69) is 22.2 Å². The Morgan fingerprint density at radius 1 is 1.11 bits per heavy atom. The molecule has 0 radical (unpaired) electrons. The fraction of sp³-hybridized carbons (Fsp3) is 0.632. The number of urea groups is 1. The van der Waals surface area contributed by atoms with Crippen molar-refractivity contribution in [1.29, 1.82) is 0 Å². The van der Waals surface area contributed by atoms with Crippen LogP contribution in [-0.2, 0) is 10.0 Å². The number of hydrogen-bond donors (Lipinski definition) is 2. The van der Waals surface area contributed by atoms with Crippen LogP contribution in [0.15, 0.2) is 24.3 Å². The third-order valence-electron chi connectivity index (χ3n) is 5.43. The van der Waals surface area contributed by atoms with E-state index in [0.717, 1.165) is 49.8 Å². The van der Waals surface area contributed by atoms with Crippen LogP contribution in [0.1, 0.15) is 50.0 Å². The molecule has 1 heterocycles. The highest BCUT2D eigenvalue weighted by Gasteiger charge is 2.29. The topological polar surface area (TPSA) is 78.5 Å². The van der Waals surface area contributed by atoms with Gasteiger partial charge in [-0.1, -0.05) is 30.2 Å². The molecule has 2 aliphatic rings. The number of carbonyl (C=O) groups is 1. The molecule has 27 heavy (non-hydrogen) atoms. The summed E-state index contributed by atoms with van der Waals surface area (Å²) < 4.78 is 25.5. The highest BCUT2D eigenvalue weighted by molar-refractivity contribution is 7.88. The lowest BCUT2D eigenvalue weighted by molar-refractivity contribution is 0.170. The lowest BCUT2D eigenvalue weighted by Crippen LogP contribution is -2.53. The molecule has 3 rings (SSSR count). The first-order valence-corrected chi connectivity index (χ1v) is 11.9. The Balaban J connectivity index is 1.54. The number of benzene rings is 1. The summed E-state index contributed by atoms with van der Waals surface area (Å²) in [7, 11) is -3.26. The summed E-state index contributed by atoms with van der Waals surface area (Å²) in [4.78, 5) is 14.4. The molecule has 1 aliphatic heterocycles. The summed E-state index contributed by atoms with van der Waals surface area (Å²) in [6, 6.07) is 7.84. The molecule has 0 aromatic heterocycles. The molecule has 3 atom stereocenters. The SMILES string of the molecule is CS(=O)(=O)NC1CCCN(C(=O)NC2CCCC(c3ccc(Cl)cc3)C2)C1. The first kappa shape index (κ1) is 20.4. The van der Waals surface area contributed by atoms with E-state index in [-0.39, 0.29) is 18.1 Å². The maximum absolute atomic E-state index is 12.7. The number of rotatable bonds is 4. The van der Waals surface area contributed by atoms with E-state index in [1.54, 1.807) is 4.90 Å². The van der Waals surface area contributed by atoms with Gasteiger partial charge >= 0.3 is 6.03 Å². The normalized spacial score (nSPS) is 26.6. The van der Waals surface area contributed by atoms with Crippen molar-refractivity contribution in [3.05, 3.63) is 34.9 Å². The van der Waals surface area contributed by atoms with Crippen molar-refractivity contribution in [2.45, 2.75) is 56.5 Å². The largest absolute Gasteiger partial charge is 0.335 e. The standard InChI is InChI=1S/C19H28ClN3O3S/c1-27(25,26)22-18-6-3-11-23(13-18)19(24)21-17-5-2-4-15(12-17)14-7-9-16(20)10-8-14/h7-10,15,17-18,22H,2-6,11-13H2,1H3,(H,21,24). The molecule has 0 spiro atoms. The Morgan fingerprint density at radius 3 is 2.52 bits per heavy atom. The number of sulfonamides is 1. The minimum absolute atomic E-state index is 0.0863. The molecule has 2 amide bonds. The van der Waals surface area contributed by atoms with Gasteiger partial charge in [-0.2, -0.15) is 0 Å². The molecule has 2 N–H and O–H groups in total. The van der Waals surface area contributed by atoms with E-state index in [0.29, 0.717) is 19.0 Å². The minimum Gasteiger partial charge on any atom is -0.335 e. The number of carbonyl (C=O) groups excluding carboxylic acids is 1. The van der Waals surface area contributed by atoms with Gasteiger partial charge < -0.3 is 10.2 Å². The highest BCUT2D eigenvalue weighted by atomic mass is 35.5. The smallest absolute Gasteiger partial charge is 0.317 e. The first-order chi connectivity index (χ1) is 12.8. The number of nitrogens with one attached hydrogen (secondary N) is 2. The predicted molar refractivity (Wildman–Crippen MR) is 108 cm³/mol. The number of nitrogens with zero attached hydrogens (tertiary/aromatic N) is 1. The Morgan fingerprint density at radius 2 is 1.81 bits per heavy atom. The molecule has 1 saturated heterocycles. The van der Waals surface area contributed by atoms with Gasteiger partial charge in [0.2, 0.25) is 10.0 Å². The molecule has 150 valence electrons. The third-order valence-corrected chi connectivity index (χ3v) is 6.45. The van der Waals surface area contributed by atoms with Gasteiger partial charge in [0.1, 0.15) is 0 Å². The zero-order valence-electron chi connectivity index (χ0n) is 15.7. The second kappa shape index (κ2) is 8.80. The van der Waals surface area contributed by atoms with E-state index in [9.17, 15) is 13.2 Å². The zero-order valence-corrected chi connectivity index (χ0v) is 17.2. The maximum atomic E-state index is 12.7. The molecule has 1 aromatic rings. The molecule has 2 fully saturated rings. The summed E-state index contributed by atoms with van der Waals surface area (Å²) in [6.45, 7) is 1.09. The van der Waals surface area contributed by atoms with Gasteiger partial charge in [0.25, 0.3) is 0 Å². The van der Waals surface area contributed by atoms with E-state index < -0.39 is 10.0 Å². The molecule has 0 bridgehead atoms. The van der Waals surface area contributed by atoms with Crippen molar-refractivity contribution >= 4 is 27.7 Å². The fourth-order valence-electron chi connectivity index (χ4n) is 4.19.